The monoisotopic (exact) mass is 688 g/mol. The molecule has 14 heteroatoms. The van der Waals surface area contributed by atoms with Gasteiger partial charge in [-0.25, -0.2) is 0 Å². The highest BCUT2D eigenvalue weighted by molar-refractivity contribution is 6.25. The van der Waals surface area contributed by atoms with E-state index in [-0.39, 0.29) is 54.1 Å². The molecule has 4 atom stereocenters. The van der Waals surface area contributed by atoms with Gasteiger partial charge in [-0.05, 0) is 93.7 Å². The highest BCUT2D eigenvalue weighted by Gasteiger charge is 2.63. The van der Waals surface area contributed by atoms with E-state index in [2.05, 4.69) is 5.32 Å². The highest BCUT2D eigenvalue weighted by atomic mass is 16.5. The summed E-state index contributed by atoms with van der Waals surface area (Å²) in [6.07, 6.45) is 1.37. The summed E-state index contributed by atoms with van der Waals surface area (Å²) in [6.45, 7) is 1.37. The molecule has 1 fully saturated rings. The van der Waals surface area contributed by atoms with Gasteiger partial charge in [0.1, 0.15) is 22.8 Å². The molecule has 0 aromatic heterocycles. The van der Waals surface area contributed by atoms with Crippen molar-refractivity contribution in [3.05, 3.63) is 70.2 Å². The second-order valence-electron chi connectivity index (χ2n) is 13.6. The third-order valence-electron chi connectivity index (χ3n) is 10.6. The van der Waals surface area contributed by atoms with Crippen molar-refractivity contribution in [2.24, 2.45) is 23.5 Å². The Morgan fingerprint density at radius 2 is 1.70 bits per heavy atom. The van der Waals surface area contributed by atoms with E-state index in [9.17, 15) is 44.4 Å². The lowest BCUT2D eigenvalue weighted by Gasteiger charge is -2.50. The number of primary amides is 1. The van der Waals surface area contributed by atoms with Crippen molar-refractivity contribution in [3.8, 4) is 16.9 Å². The molecular formula is C36H40N4O10. The number of phenolic OH excluding ortho intramolecular Hbond substituents is 1. The van der Waals surface area contributed by atoms with Gasteiger partial charge in [0.15, 0.2) is 11.4 Å². The molecule has 264 valence electrons. The Labute approximate surface area is 287 Å². The second-order valence-corrected chi connectivity index (χ2v) is 13.6. The standard InChI is InChI=1S/C36H40N4O10/c1-39(2)29-23-15-19-14-22-21(17-4-6-20(7-5-17)38-25(42)16-40-12-10-18(11-13-40)35(48)50-3)8-9-24(41)27(22)30(43)26(19)32(45)36(23,49)33(46)28(31(29)44)34(37)47/h4-9,18-19,23,29,41,44-45,49H,10-16H2,1-3H3,(H2,37,47)(H,38,42)/t19-,23-,29?,36-/m0/s1. The quantitative estimate of drug-likeness (QED) is 0.181. The summed E-state index contributed by atoms with van der Waals surface area (Å²) < 4.78 is 4.82. The summed E-state index contributed by atoms with van der Waals surface area (Å²) in [4.78, 5) is 67.8. The smallest absolute Gasteiger partial charge is 0.308 e. The van der Waals surface area contributed by atoms with E-state index in [0.29, 0.717) is 48.3 Å². The molecule has 2 aromatic rings. The van der Waals surface area contributed by atoms with E-state index < -0.39 is 58.0 Å². The zero-order valence-electron chi connectivity index (χ0n) is 27.9. The number of rotatable bonds is 7. The Bertz CT molecular complexity index is 1860. The van der Waals surface area contributed by atoms with Gasteiger partial charge in [0, 0.05) is 17.2 Å². The number of ketones is 2. The molecule has 50 heavy (non-hydrogen) atoms. The van der Waals surface area contributed by atoms with E-state index in [1.54, 1.807) is 44.4 Å². The minimum absolute atomic E-state index is 0.0216. The van der Waals surface area contributed by atoms with Gasteiger partial charge in [-0.15, -0.1) is 0 Å². The Morgan fingerprint density at radius 3 is 2.30 bits per heavy atom. The van der Waals surface area contributed by atoms with E-state index in [4.69, 9.17) is 10.5 Å². The van der Waals surface area contributed by atoms with Gasteiger partial charge in [0.25, 0.3) is 5.91 Å². The number of esters is 1. The highest BCUT2D eigenvalue weighted by Crippen LogP contribution is 2.53. The number of piperidine rings is 1. The van der Waals surface area contributed by atoms with Crippen LogP contribution in [0.25, 0.3) is 11.1 Å². The van der Waals surface area contributed by atoms with E-state index in [0.717, 1.165) is 0 Å². The fourth-order valence-corrected chi connectivity index (χ4v) is 8.15. The van der Waals surface area contributed by atoms with Gasteiger partial charge in [0.2, 0.25) is 11.7 Å². The second kappa shape index (κ2) is 13.0. The van der Waals surface area contributed by atoms with Crippen molar-refractivity contribution in [2.75, 3.05) is 46.2 Å². The van der Waals surface area contributed by atoms with Gasteiger partial charge in [0.05, 0.1) is 31.2 Å². The van der Waals surface area contributed by atoms with Crippen LogP contribution in [-0.2, 0) is 30.3 Å². The number of carbonyl (C=O) groups is 5. The SMILES string of the molecule is COC(=O)C1CCN(CC(=O)Nc2ccc(-c3ccc(O)c4c3C[C@H]3C[C@H]5C(N(C)C)C(O)=C(C(N)=O)C(=O)[C@@]5(O)C(O)=C3C4=O)cc2)CC1. The van der Waals surface area contributed by atoms with Crippen LogP contribution in [-0.4, -0.2) is 112 Å². The lowest BCUT2D eigenvalue weighted by Crippen LogP contribution is -2.63. The Hall–Kier alpha value is -5.05. The Balaban J connectivity index is 1.26. The van der Waals surface area contributed by atoms with Crippen molar-refractivity contribution in [3.63, 3.8) is 0 Å². The van der Waals surface area contributed by atoms with E-state index in [1.165, 1.54) is 18.1 Å². The van der Waals surface area contributed by atoms with Crippen molar-refractivity contribution < 1.29 is 49.1 Å². The molecule has 14 nitrogen and oxygen atoms in total. The topological polar surface area (TPSA) is 220 Å². The molecule has 6 rings (SSSR count). The van der Waals surface area contributed by atoms with Crippen LogP contribution in [0.15, 0.2) is 59.1 Å². The van der Waals surface area contributed by atoms with Crippen LogP contribution in [0.1, 0.15) is 35.2 Å². The fourth-order valence-electron chi connectivity index (χ4n) is 8.15. The van der Waals surface area contributed by atoms with Crippen molar-refractivity contribution in [1.29, 1.82) is 0 Å². The summed E-state index contributed by atoms with van der Waals surface area (Å²) in [5.41, 5.74) is 3.87. The number of methoxy groups -OCH3 is 1. The van der Waals surface area contributed by atoms with Crippen LogP contribution in [0.4, 0.5) is 5.69 Å². The number of nitrogens with two attached hydrogens (primary N) is 1. The number of hydrogen-bond acceptors (Lipinski definition) is 12. The first-order valence-electron chi connectivity index (χ1n) is 16.4. The number of aromatic hydroxyl groups is 1. The summed E-state index contributed by atoms with van der Waals surface area (Å²) in [5.74, 6) is -7.68. The first kappa shape index (κ1) is 34.8. The number of allylic oxidation sites excluding steroid dienone is 1. The van der Waals surface area contributed by atoms with Crippen LogP contribution in [0.3, 0.4) is 0 Å². The minimum atomic E-state index is -2.71. The molecule has 2 amide bonds. The molecule has 3 aliphatic carbocycles. The number of phenols is 1. The largest absolute Gasteiger partial charge is 0.510 e. The van der Waals surface area contributed by atoms with Gasteiger partial charge in [-0.2, -0.15) is 0 Å². The summed E-state index contributed by atoms with van der Waals surface area (Å²) >= 11 is 0. The average Bonchev–Trinajstić information content (AvgIpc) is 3.06. The van der Waals surface area contributed by atoms with Crippen LogP contribution in [0.5, 0.6) is 5.75 Å². The molecular weight excluding hydrogens is 648 g/mol. The maximum Gasteiger partial charge on any atom is 0.308 e. The zero-order chi connectivity index (χ0) is 36.2. The zero-order valence-corrected chi connectivity index (χ0v) is 27.9. The lowest BCUT2D eigenvalue weighted by molar-refractivity contribution is -0.149. The predicted molar refractivity (Wildman–Crippen MR) is 179 cm³/mol. The summed E-state index contributed by atoms with van der Waals surface area (Å²) in [7, 11) is 4.52. The molecule has 1 unspecified atom stereocenters. The number of carbonyl (C=O) groups excluding carboxylic acids is 5. The summed E-state index contributed by atoms with van der Waals surface area (Å²) in [6, 6.07) is 8.92. The molecule has 1 heterocycles. The summed E-state index contributed by atoms with van der Waals surface area (Å²) in [5, 5.41) is 48.1. The first-order valence-corrected chi connectivity index (χ1v) is 16.4. The van der Waals surface area contributed by atoms with Crippen LogP contribution >= 0.6 is 0 Å². The maximum atomic E-state index is 14.1. The van der Waals surface area contributed by atoms with E-state index >= 15 is 0 Å². The average molecular weight is 689 g/mol. The van der Waals surface area contributed by atoms with Crippen molar-refractivity contribution in [1.82, 2.24) is 9.80 Å². The number of nitrogens with zero attached hydrogens (tertiary/aromatic N) is 2. The van der Waals surface area contributed by atoms with Crippen LogP contribution in [0.2, 0.25) is 0 Å². The van der Waals surface area contributed by atoms with E-state index in [1.807, 2.05) is 4.90 Å². The van der Waals surface area contributed by atoms with Crippen LogP contribution in [0, 0.1) is 17.8 Å². The molecule has 0 saturated carbocycles. The number of aliphatic hydroxyl groups excluding tert-OH is 2. The van der Waals surface area contributed by atoms with Gasteiger partial charge in [-0.1, -0.05) is 18.2 Å². The molecule has 4 aliphatic rings. The number of hydrogen-bond donors (Lipinski definition) is 6. The van der Waals surface area contributed by atoms with Crippen LogP contribution < -0.4 is 11.1 Å². The minimum Gasteiger partial charge on any atom is -0.510 e. The number of nitrogens with one attached hydrogen (secondary N) is 1. The number of ether oxygens (including phenoxy) is 1. The van der Waals surface area contributed by atoms with Gasteiger partial charge < -0.3 is 36.2 Å². The van der Waals surface area contributed by atoms with Gasteiger partial charge in [-0.3, -0.25) is 33.8 Å². The number of Topliss-reactive ketones (excluding diaryl/α,β-unsaturated/α-hetero) is 2. The molecule has 0 spiro atoms. The number of aliphatic hydroxyl groups is 3. The number of benzene rings is 2. The molecule has 0 radical (unpaired) electrons. The number of likely N-dealkylation sites (N-methyl/N-ethyl adjacent to an activating group) is 1. The number of likely N-dealkylation sites (tertiary alicyclic amines) is 1. The lowest BCUT2D eigenvalue weighted by atomic mass is 9.58. The third kappa shape index (κ3) is 5.62. The third-order valence-corrected chi connectivity index (χ3v) is 10.6. The normalized spacial score (nSPS) is 25.6. The number of amides is 2. The fraction of sp³-hybridized carbons (Fsp3) is 0.417. The molecule has 2 aromatic carbocycles. The van der Waals surface area contributed by atoms with Crippen molar-refractivity contribution in [2.45, 2.75) is 37.3 Å². The Morgan fingerprint density at radius 1 is 1.04 bits per heavy atom. The first-order chi connectivity index (χ1) is 23.7. The number of fused-ring (bicyclic) bond motifs is 3. The molecule has 7 N–H and O–H groups in total. The molecule has 1 saturated heterocycles. The number of anilines is 1. The van der Waals surface area contributed by atoms with Gasteiger partial charge >= 0.3 is 5.97 Å². The molecule has 0 bridgehead atoms. The predicted octanol–water partition coefficient (Wildman–Crippen LogP) is 1.61. The van der Waals surface area contributed by atoms with Crippen molar-refractivity contribution >= 4 is 35.0 Å². The Kier molecular flexibility index (Phi) is 9.05. The maximum absolute atomic E-state index is 14.1. The molecule has 1 aliphatic heterocycles.